The molecule has 2 aliphatic heterocycles. The van der Waals surface area contributed by atoms with Crippen LogP contribution in [0.5, 0.6) is 0 Å². The second-order valence-corrected chi connectivity index (χ2v) is 6.90. The number of urea groups is 1. The highest BCUT2D eigenvalue weighted by Crippen LogP contribution is 2.28. The number of likely N-dealkylation sites (tertiary alicyclic amines) is 1. The Morgan fingerprint density at radius 2 is 2.19 bits per heavy atom. The number of para-hydroxylation sites is 1. The van der Waals surface area contributed by atoms with Gasteiger partial charge in [-0.25, -0.2) is 4.79 Å². The Bertz CT molecular complexity index is 846. The second-order valence-electron chi connectivity index (χ2n) is 6.90. The van der Waals surface area contributed by atoms with Crippen molar-refractivity contribution >= 4 is 22.9 Å². The lowest BCUT2D eigenvalue weighted by atomic mass is 9.99. The van der Waals surface area contributed by atoms with Crippen molar-refractivity contribution in [3.8, 4) is 0 Å². The van der Waals surface area contributed by atoms with Crippen LogP contribution in [0.1, 0.15) is 22.5 Å². The molecule has 0 spiro atoms. The number of rotatable bonds is 4. The number of ether oxygens (including phenoxy) is 1. The van der Waals surface area contributed by atoms with E-state index in [9.17, 15) is 9.59 Å². The topological polar surface area (TPSA) is 75.0 Å². The first-order valence-electron chi connectivity index (χ1n) is 8.93. The molecule has 2 aliphatic rings. The van der Waals surface area contributed by atoms with Gasteiger partial charge >= 0.3 is 6.03 Å². The van der Waals surface area contributed by atoms with Gasteiger partial charge in [-0.05, 0) is 19.4 Å². The maximum atomic E-state index is 13.0. The number of benzene rings is 1. The highest BCUT2D eigenvalue weighted by molar-refractivity contribution is 5.99. The summed E-state index contributed by atoms with van der Waals surface area (Å²) < 4.78 is 10.9. The van der Waals surface area contributed by atoms with Gasteiger partial charge in [0.2, 0.25) is 0 Å². The number of carbonyl (C=O) groups excluding carboxylic acids is 2. The van der Waals surface area contributed by atoms with Gasteiger partial charge < -0.3 is 24.3 Å². The van der Waals surface area contributed by atoms with Crippen molar-refractivity contribution in [1.29, 1.82) is 0 Å². The molecule has 1 aromatic heterocycles. The van der Waals surface area contributed by atoms with Crippen molar-refractivity contribution in [2.45, 2.75) is 25.4 Å². The summed E-state index contributed by atoms with van der Waals surface area (Å²) in [5.41, 5.74) is 1.59. The van der Waals surface area contributed by atoms with Gasteiger partial charge in [0, 0.05) is 37.7 Å². The van der Waals surface area contributed by atoms with Crippen molar-refractivity contribution in [3.05, 3.63) is 35.6 Å². The molecular weight excluding hydrogens is 334 g/mol. The number of piperidine rings is 1. The Morgan fingerprint density at radius 1 is 1.38 bits per heavy atom. The highest BCUT2D eigenvalue weighted by atomic mass is 16.5. The van der Waals surface area contributed by atoms with Gasteiger partial charge in [0.1, 0.15) is 5.58 Å². The number of nitrogens with one attached hydrogen (secondary N) is 1. The number of carbonyl (C=O) groups is 2. The minimum Gasteiger partial charge on any atom is -0.451 e. The molecule has 2 fully saturated rings. The molecule has 1 N–H and O–H groups in total. The van der Waals surface area contributed by atoms with E-state index in [1.807, 2.05) is 36.1 Å². The minimum atomic E-state index is -0.109. The minimum absolute atomic E-state index is 0.0539. The van der Waals surface area contributed by atoms with E-state index in [0.29, 0.717) is 32.0 Å². The molecule has 0 radical (unpaired) electrons. The number of furan rings is 1. The van der Waals surface area contributed by atoms with Gasteiger partial charge in [0.15, 0.2) is 5.76 Å². The molecule has 3 amide bonds. The van der Waals surface area contributed by atoms with E-state index in [-0.39, 0.29) is 24.0 Å². The second kappa shape index (κ2) is 6.64. The van der Waals surface area contributed by atoms with Crippen LogP contribution in [-0.4, -0.2) is 67.2 Å². The number of hydrogen-bond acceptors (Lipinski definition) is 4. The fourth-order valence-electron chi connectivity index (χ4n) is 4.01. The summed E-state index contributed by atoms with van der Waals surface area (Å²) in [6.07, 6.45) is 0.748. The maximum Gasteiger partial charge on any atom is 0.318 e. The average Bonchev–Trinajstić information content (AvgIpc) is 3.15. The SMILES string of the molecule is COCCN1C(=O)N[C@@H]2CN(C(=O)c3oc4ccccc4c3C)CC[C@@H]21. The predicted molar refractivity (Wildman–Crippen MR) is 96.2 cm³/mol. The third-order valence-electron chi connectivity index (χ3n) is 5.41. The van der Waals surface area contributed by atoms with Crippen molar-refractivity contribution in [3.63, 3.8) is 0 Å². The first-order valence-corrected chi connectivity index (χ1v) is 8.93. The smallest absolute Gasteiger partial charge is 0.318 e. The molecule has 7 nitrogen and oxygen atoms in total. The molecule has 4 rings (SSSR count). The predicted octanol–water partition coefficient (Wildman–Crippen LogP) is 2.00. The molecule has 3 heterocycles. The number of amides is 3. The van der Waals surface area contributed by atoms with Crippen molar-refractivity contribution in [1.82, 2.24) is 15.1 Å². The van der Waals surface area contributed by atoms with Crippen molar-refractivity contribution in [2.24, 2.45) is 0 Å². The summed E-state index contributed by atoms with van der Waals surface area (Å²) in [7, 11) is 1.63. The molecule has 138 valence electrons. The molecule has 0 bridgehead atoms. The van der Waals surface area contributed by atoms with Crippen LogP contribution in [-0.2, 0) is 4.74 Å². The van der Waals surface area contributed by atoms with Gasteiger partial charge in [-0.15, -0.1) is 0 Å². The Kier molecular flexibility index (Phi) is 4.32. The fourth-order valence-corrected chi connectivity index (χ4v) is 4.01. The maximum absolute atomic E-state index is 13.0. The Balaban J connectivity index is 1.51. The molecule has 2 atom stereocenters. The lowest BCUT2D eigenvalue weighted by molar-refractivity contribution is 0.0613. The number of hydrogen-bond donors (Lipinski definition) is 1. The molecule has 2 aromatic rings. The first-order chi connectivity index (χ1) is 12.6. The van der Waals surface area contributed by atoms with E-state index < -0.39 is 0 Å². The zero-order chi connectivity index (χ0) is 18.3. The van der Waals surface area contributed by atoms with E-state index in [1.54, 1.807) is 12.0 Å². The zero-order valence-corrected chi connectivity index (χ0v) is 15.0. The molecular formula is C19H23N3O4. The average molecular weight is 357 g/mol. The standard InChI is InChI=1S/C19H23N3O4/c1-12-13-5-3-4-6-16(13)26-17(12)18(23)21-8-7-15-14(11-21)20-19(24)22(15)9-10-25-2/h3-6,14-15H,7-11H2,1-2H3,(H,20,24)/t14-,15+/m1/s1. The third kappa shape index (κ3) is 2.72. The van der Waals surface area contributed by atoms with Crippen LogP contribution in [0.3, 0.4) is 0 Å². The Hall–Kier alpha value is -2.54. The normalized spacial score (nSPS) is 22.6. The number of aryl methyl sites for hydroxylation is 1. The summed E-state index contributed by atoms with van der Waals surface area (Å²) in [6.45, 7) is 4.09. The monoisotopic (exact) mass is 357 g/mol. The number of fused-ring (bicyclic) bond motifs is 2. The van der Waals surface area contributed by atoms with Crippen LogP contribution in [0.2, 0.25) is 0 Å². The molecule has 7 heteroatoms. The van der Waals surface area contributed by atoms with Gasteiger partial charge in [0.25, 0.3) is 5.91 Å². The molecule has 1 aromatic carbocycles. The zero-order valence-electron chi connectivity index (χ0n) is 15.0. The third-order valence-corrected chi connectivity index (χ3v) is 5.41. The highest BCUT2D eigenvalue weighted by Gasteiger charge is 2.43. The summed E-state index contributed by atoms with van der Waals surface area (Å²) in [5.74, 6) is 0.284. The molecule has 2 saturated heterocycles. The summed E-state index contributed by atoms with van der Waals surface area (Å²) >= 11 is 0. The van der Waals surface area contributed by atoms with Crippen LogP contribution >= 0.6 is 0 Å². The van der Waals surface area contributed by atoms with E-state index in [2.05, 4.69) is 5.32 Å². The lowest BCUT2D eigenvalue weighted by Crippen LogP contribution is -2.53. The lowest BCUT2D eigenvalue weighted by Gasteiger charge is -2.36. The summed E-state index contributed by atoms with van der Waals surface area (Å²) in [6, 6.07) is 7.64. The van der Waals surface area contributed by atoms with Gasteiger partial charge in [-0.3, -0.25) is 4.79 Å². The summed E-state index contributed by atoms with van der Waals surface area (Å²) in [5, 5.41) is 3.96. The quantitative estimate of drug-likeness (QED) is 0.908. The largest absolute Gasteiger partial charge is 0.451 e. The van der Waals surface area contributed by atoms with Crippen LogP contribution in [0.15, 0.2) is 28.7 Å². The van der Waals surface area contributed by atoms with E-state index in [0.717, 1.165) is 23.0 Å². The molecule has 0 unspecified atom stereocenters. The van der Waals surface area contributed by atoms with Crippen molar-refractivity contribution < 1.29 is 18.7 Å². The van der Waals surface area contributed by atoms with Gasteiger partial charge in [-0.1, -0.05) is 18.2 Å². The van der Waals surface area contributed by atoms with E-state index in [1.165, 1.54) is 0 Å². The molecule has 0 saturated carbocycles. The van der Waals surface area contributed by atoms with Crippen LogP contribution < -0.4 is 5.32 Å². The van der Waals surface area contributed by atoms with Crippen LogP contribution in [0, 0.1) is 6.92 Å². The van der Waals surface area contributed by atoms with Gasteiger partial charge in [-0.2, -0.15) is 0 Å². The van der Waals surface area contributed by atoms with Crippen LogP contribution in [0.25, 0.3) is 11.0 Å². The Morgan fingerprint density at radius 3 is 2.96 bits per heavy atom. The fraction of sp³-hybridized carbons (Fsp3) is 0.474. The number of methoxy groups -OCH3 is 1. The van der Waals surface area contributed by atoms with Crippen molar-refractivity contribution in [2.75, 3.05) is 33.4 Å². The van der Waals surface area contributed by atoms with E-state index >= 15 is 0 Å². The van der Waals surface area contributed by atoms with E-state index in [4.69, 9.17) is 9.15 Å². The molecule has 0 aliphatic carbocycles. The summed E-state index contributed by atoms with van der Waals surface area (Å²) in [4.78, 5) is 28.8. The number of nitrogens with zero attached hydrogens (tertiary/aromatic N) is 2. The first kappa shape index (κ1) is 16.9. The van der Waals surface area contributed by atoms with Crippen LogP contribution in [0.4, 0.5) is 4.79 Å². The Labute approximate surface area is 151 Å². The van der Waals surface area contributed by atoms with Gasteiger partial charge in [0.05, 0.1) is 18.7 Å². The molecule has 26 heavy (non-hydrogen) atoms.